The predicted molar refractivity (Wildman–Crippen MR) is 68.7 cm³/mol. The summed E-state index contributed by atoms with van der Waals surface area (Å²) >= 11 is 0. The second-order valence-electron chi connectivity index (χ2n) is 4.40. The third kappa shape index (κ3) is 4.09. The monoisotopic (exact) mass is 250 g/mol. The first kappa shape index (κ1) is 14.0. The van der Waals surface area contributed by atoms with Crippen LogP contribution in [-0.4, -0.2) is 33.7 Å². The normalized spacial score (nSPS) is 10.9. The average Bonchev–Trinajstić information content (AvgIpc) is 2.27. The lowest BCUT2D eigenvalue weighted by molar-refractivity contribution is 0.149. The lowest BCUT2D eigenvalue weighted by Crippen LogP contribution is -2.27. The summed E-state index contributed by atoms with van der Waals surface area (Å²) in [4.78, 5) is 12.2. The first-order valence-corrected chi connectivity index (χ1v) is 5.63. The molecule has 0 aliphatic carbocycles. The molecular formula is C12H18N4O2. The quantitative estimate of drug-likeness (QED) is 0.798. The highest BCUT2D eigenvalue weighted by atomic mass is 16.5. The zero-order valence-corrected chi connectivity index (χ0v) is 11.3. The molecule has 0 saturated heterocycles. The third-order valence-corrected chi connectivity index (χ3v) is 1.85. The van der Waals surface area contributed by atoms with Crippen molar-refractivity contribution >= 4 is 5.95 Å². The van der Waals surface area contributed by atoms with Crippen LogP contribution >= 0.6 is 0 Å². The van der Waals surface area contributed by atoms with E-state index in [9.17, 15) is 0 Å². The number of hydrogen-bond donors (Lipinski definition) is 1. The summed E-state index contributed by atoms with van der Waals surface area (Å²) < 4.78 is 10.9. The number of nitrogens with zero attached hydrogens (tertiary/aromatic N) is 3. The van der Waals surface area contributed by atoms with Crippen molar-refractivity contribution in [2.24, 2.45) is 0 Å². The number of terminal acetylenes is 1. The number of ether oxygens (including phenoxy) is 2. The van der Waals surface area contributed by atoms with Gasteiger partial charge in [-0.15, -0.1) is 11.4 Å². The molecule has 0 aliphatic rings. The second kappa shape index (κ2) is 5.54. The van der Waals surface area contributed by atoms with Crippen molar-refractivity contribution in [3.05, 3.63) is 0 Å². The zero-order chi connectivity index (χ0) is 13.8. The third-order valence-electron chi connectivity index (χ3n) is 1.85. The molecule has 6 heteroatoms. The molecule has 1 rings (SSSR count). The molecule has 6 nitrogen and oxygen atoms in total. The molecule has 0 bridgehead atoms. The van der Waals surface area contributed by atoms with Crippen molar-refractivity contribution < 1.29 is 9.47 Å². The minimum atomic E-state index is -0.790. The van der Waals surface area contributed by atoms with Crippen molar-refractivity contribution in [2.45, 2.75) is 39.4 Å². The van der Waals surface area contributed by atoms with Crippen molar-refractivity contribution in [1.29, 1.82) is 0 Å². The van der Waals surface area contributed by atoms with Gasteiger partial charge in [-0.2, -0.15) is 9.97 Å². The van der Waals surface area contributed by atoms with Gasteiger partial charge in [-0.25, -0.2) is 0 Å². The summed E-state index contributed by atoms with van der Waals surface area (Å²) in [5.74, 6) is 2.87. The van der Waals surface area contributed by atoms with Crippen LogP contribution in [0.3, 0.4) is 0 Å². The Morgan fingerprint density at radius 3 is 2.33 bits per heavy atom. The largest absolute Gasteiger partial charge is 0.461 e. The van der Waals surface area contributed by atoms with Crippen LogP contribution in [-0.2, 0) is 0 Å². The molecule has 0 fully saturated rings. The fourth-order valence-electron chi connectivity index (χ4n) is 1.02. The van der Waals surface area contributed by atoms with Gasteiger partial charge in [0, 0.05) is 7.05 Å². The Balaban J connectivity index is 3.01. The van der Waals surface area contributed by atoms with Crippen LogP contribution in [0.4, 0.5) is 5.95 Å². The molecule has 1 aromatic heterocycles. The van der Waals surface area contributed by atoms with Crippen LogP contribution in [0.15, 0.2) is 0 Å². The molecule has 1 aromatic rings. The molecule has 1 heterocycles. The fraction of sp³-hybridized carbons (Fsp3) is 0.583. The smallest absolute Gasteiger partial charge is 0.325 e. The van der Waals surface area contributed by atoms with Gasteiger partial charge in [0.2, 0.25) is 5.95 Å². The zero-order valence-electron chi connectivity index (χ0n) is 11.3. The Labute approximate surface area is 107 Å². The molecular weight excluding hydrogens is 232 g/mol. The van der Waals surface area contributed by atoms with Gasteiger partial charge >= 0.3 is 12.0 Å². The minimum Gasteiger partial charge on any atom is -0.461 e. The van der Waals surface area contributed by atoms with E-state index in [2.05, 4.69) is 26.2 Å². The maximum absolute atomic E-state index is 5.50. The topological polar surface area (TPSA) is 69.2 Å². The van der Waals surface area contributed by atoms with E-state index in [1.807, 2.05) is 13.8 Å². The van der Waals surface area contributed by atoms with Crippen molar-refractivity contribution in [3.8, 4) is 24.4 Å². The predicted octanol–water partition coefficient (Wildman–Crippen LogP) is 1.49. The Morgan fingerprint density at radius 1 is 1.22 bits per heavy atom. The van der Waals surface area contributed by atoms with Gasteiger partial charge in [-0.05, 0) is 27.7 Å². The van der Waals surface area contributed by atoms with E-state index in [-0.39, 0.29) is 18.1 Å². The van der Waals surface area contributed by atoms with Crippen molar-refractivity contribution in [1.82, 2.24) is 15.0 Å². The molecule has 0 atom stereocenters. The number of rotatable bonds is 5. The van der Waals surface area contributed by atoms with Gasteiger partial charge in [-0.3, -0.25) is 0 Å². The summed E-state index contributed by atoms with van der Waals surface area (Å²) in [6.45, 7) is 7.26. The minimum absolute atomic E-state index is 0.0365. The first-order chi connectivity index (χ1) is 8.36. The van der Waals surface area contributed by atoms with E-state index in [1.54, 1.807) is 20.9 Å². The summed E-state index contributed by atoms with van der Waals surface area (Å²) in [6, 6.07) is 0.333. The van der Waals surface area contributed by atoms with Crippen LogP contribution in [0.2, 0.25) is 0 Å². The maximum atomic E-state index is 5.50. The van der Waals surface area contributed by atoms with Gasteiger partial charge in [0.25, 0.3) is 0 Å². The van der Waals surface area contributed by atoms with Gasteiger partial charge in [-0.1, -0.05) is 5.92 Å². The lowest BCUT2D eigenvalue weighted by atomic mass is 10.2. The lowest BCUT2D eigenvalue weighted by Gasteiger charge is -2.19. The number of hydrogen-bond acceptors (Lipinski definition) is 6. The standard InChI is InChI=1S/C12H18N4O2/c1-7-12(4,5)18-11-15-9(13-6)14-10(16-11)17-8(2)3/h1,8H,2-6H3,(H,13,14,15,16). The molecule has 0 amide bonds. The SMILES string of the molecule is C#CC(C)(C)Oc1nc(NC)nc(OC(C)C)n1. The van der Waals surface area contributed by atoms with Crippen LogP contribution in [0.25, 0.3) is 0 Å². The average molecular weight is 250 g/mol. The van der Waals surface area contributed by atoms with E-state index in [1.165, 1.54) is 0 Å². The summed E-state index contributed by atoms with van der Waals surface area (Å²) in [7, 11) is 1.70. The summed E-state index contributed by atoms with van der Waals surface area (Å²) in [6.07, 6.45) is 5.31. The van der Waals surface area contributed by atoms with Gasteiger partial charge in [0.05, 0.1) is 6.10 Å². The summed E-state index contributed by atoms with van der Waals surface area (Å²) in [5, 5.41) is 2.81. The van der Waals surface area contributed by atoms with E-state index in [0.717, 1.165) is 0 Å². The van der Waals surface area contributed by atoms with Crippen LogP contribution in [0, 0.1) is 12.3 Å². The highest BCUT2D eigenvalue weighted by molar-refractivity contribution is 5.26. The van der Waals surface area contributed by atoms with Gasteiger partial charge in [0.15, 0.2) is 5.60 Å². The molecule has 98 valence electrons. The molecule has 0 radical (unpaired) electrons. The second-order valence-corrected chi connectivity index (χ2v) is 4.40. The molecule has 0 spiro atoms. The molecule has 1 N–H and O–H groups in total. The number of nitrogens with one attached hydrogen (secondary N) is 1. The molecule has 0 saturated carbocycles. The number of aromatic nitrogens is 3. The highest BCUT2D eigenvalue weighted by Crippen LogP contribution is 2.18. The molecule has 0 aromatic carbocycles. The summed E-state index contributed by atoms with van der Waals surface area (Å²) in [5.41, 5.74) is -0.790. The Bertz CT molecular complexity index is 452. The van der Waals surface area contributed by atoms with Gasteiger partial charge in [0.1, 0.15) is 0 Å². The van der Waals surface area contributed by atoms with Crippen LogP contribution in [0.5, 0.6) is 12.0 Å². The first-order valence-electron chi connectivity index (χ1n) is 5.63. The fourth-order valence-corrected chi connectivity index (χ4v) is 1.02. The van der Waals surface area contributed by atoms with E-state index in [0.29, 0.717) is 5.95 Å². The van der Waals surface area contributed by atoms with Crippen LogP contribution in [0.1, 0.15) is 27.7 Å². The maximum Gasteiger partial charge on any atom is 0.325 e. The van der Waals surface area contributed by atoms with Crippen molar-refractivity contribution in [3.63, 3.8) is 0 Å². The van der Waals surface area contributed by atoms with E-state index in [4.69, 9.17) is 15.9 Å². The van der Waals surface area contributed by atoms with Crippen LogP contribution < -0.4 is 14.8 Å². The molecule has 0 unspecified atom stereocenters. The highest BCUT2D eigenvalue weighted by Gasteiger charge is 2.19. The van der Waals surface area contributed by atoms with E-state index >= 15 is 0 Å². The molecule has 0 aliphatic heterocycles. The number of anilines is 1. The Morgan fingerprint density at radius 2 is 1.83 bits per heavy atom. The Hall–Kier alpha value is -2.03. The molecule has 18 heavy (non-hydrogen) atoms. The van der Waals surface area contributed by atoms with Crippen molar-refractivity contribution in [2.75, 3.05) is 12.4 Å². The Kier molecular flexibility index (Phi) is 4.32. The van der Waals surface area contributed by atoms with Gasteiger partial charge < -0.3 is 14.8 Å². The van der Waals surface area contributed by atoms with E-state index < -0.39 is 5.60 Å².